The van der Waals surface area contributed by atoms with Crippen LogP contribution in [-0.2, 0) is 41.5 Å². The molecular weight excluding hydrogens is 608 g/mol. The molecule has 0 saturated carbocycles. The Kier molecular flexibility index (Phi) is 15.0. The molecule has 2 unspecified atom stereocenters. The highest BCUT2D eigenvalue weighted by molar-refractivity contribution is 8.76. The molecule has 4 N–H and O–H groups in total. The standard InChI is InChI=1S/C30H40N4O8S2/c1-33(39)29(37)23(17-21-9-5-3-6-10-21)31-27(35)13-15-41-25-19-43-44-20-26(25)42-16-14-28(36)32-24(30(38)34(2)40)18-22-11-7-4-8-12-22/h3-12,23-26,39-40H,13-20H2,1-2H3,(H,31,35)(H,32,36)/t23?,24?,25-,26-/m1/s1. The van der Waals surface area contributed by atoms with E-state index in [0.29, 0.717) is 21.6 Å². The van der Waals surface area contributed by atoms with E-state index in [1.54, 1.807) is 21.6 Å². The maximum atomic E-state index is 12.7. The van der Waals surface area contributed by atoms with Gasteiger partial charge < -0.3 is 20.1 Å². The van der Waals surface area contributed by atoms with Gasteiger partial charge in [0, 0.05) is 51.3 Å². The van der Waals surface area contributed by atoms with Crippen LogP contribution in [0.1, 0.15) is 24.0 Å². The maximum Gasteiger partial charge on any atom is 0.268 e. The molecule has 1 heterocycles. The molecule has 1 saturated heterocycles. The second kappa shape index (κ2) is 18.6. The molecule has 0 bridgehead atoms. The Bertz CT molecular complexity index is 1110. The zero-order chi connectivity index (χ0) is 31.9. The monoisotopic (exact) mass is 648 g/mol. The number of hydrogen-bond donors (Lipinski definition) is 4. The van der Waals surface area contributed by atoms with E-state index in [9.17, 15) is 29.6 Å². The number of carbonyl (C=O) groups is 4. The summed E-state index contributed by atoms with van der Waals surface area (Å²) in [5.41, 5.74) is 1.68. The number of ether oxygens (including phenoxy) is 2. The van der Waals surface area contributed by atoms with E-state index in [1.807, 2.05) is 60.7 Å². The predicted octanol–water partition coefficient (Wildman–Crippen LogP) is 2.08. The molecule has 4 amide bonds. The van der Waals surface area contributed by atoms with Crippen molar-refractivity contribution in [1.29, 1.82) is 0 Å². The molecule has 1 aliphatic rings. The van der Waals surface area contributed by atoms with Gasteiger partial charge in [-0.1, -0.05) is 82.3 Å². The van der Waals surface area contributed by atoms with Gasteiger partial charge in [-0.3, -0.25) is 29.6 Å². The molecular formula is C30H40N4O8S2. The van der Waals surface area contributed by atoms with Crippen LogP contribution in [0.4, 0.5) is 0 Å². The summed E-state index contributed by atoms with van der Waals surface area (Å²) in [6.07, 6.45) is -0.138. The fourth-order valence-corrected chi connectivity index (χ4v) is 6.91. The van der Waals surface area contributed by atoms with Crippen molar-refractivity contribution in [2.45, 2.75) is 50.0 Å². The number of hydroxylamine groups is 4. The summed E-state index contributed by atoms with van der Waals surface area (Å²) >= 11 is 0. The van der Waals surface area contributed by atoms with Crippen LogP contribution in [0, 0.1) is 0 Å². The number of amides is 4. The Balaban J connectivity index is 1.44. The molecule has 1 fully saturated rings. The average Bonchev–Trinajstić information content (AvgIpc) is 3.01. The molecule has 0 spiro atoms. The summed E-state index contributed by atoms with van der Waals surface area (Å²) in [6.45, 7) is 0.197. The Hall–Kier alpha value is -3.14. The van der Waals surface area contributed by atoms with Crippen LogP contribution >= 0.6 is 21.6 Å². The first-order valence-corrected chi connectivity index (χ1v) is 16.7. The largest absolute Gasteiger partial charge is 0.374 e. The van der Waals surface area contributed by atoms with E-state index in [2.05, 4.69) is 10.6 Å². The number of benzene rings is 2. The molecule has 0 radical (unpaired) electrons. The van der Waals surface area contributed by atoms with Crippen LogP contribution in [0.5, 0.6) is 0 Å². The van der Waals surface area contributed by atoms with E-state index < -0.39 is 23.9 Å². The molecule has 44 heavy (non-hydrogen) atoms. The smallest absolute Gasteiger partial charge is 0.268 e. The Morgan fingerprint density at radius 1 is 0.727 bits per heavy atom. The molecule has 14 heteroatoms. The van der Waals surface area contributed by atoms with Gasteiger partial charge in [0.05, 0.1) is 25.4 Å². The van der Waals surface area contributed by atoms with Gasteiger partial charge in [-0.25, -0.2) is 10.1 Å². The lowest BCUT2D eigenvalue weighted by atomic mass is 10.1. The van der Waals surface area contributed by atoms with Crippen LogP contribution in [0.25, 0.3) is 0 Å². The quantitative estimate of drug-likeness (QED) is 0.121. The highest BCUT2D eigenvalue weighted by Gasteiger charge is 2.29. The van der Waals surface area contributed by atoms with Crippen LogP contribution in [0.3, 0.4) is 0 Å². The lowest BCUT2D eigenvalue weighted by Crippen LogP contribution is -2.48. The first-order valence-electron chi connectivity index (χ1n) is 14.2. The van der Waals surface area contributed by atoms with Gasteiger partial charge in [-0.2, -0.15) is 0 Å². The SMILES string of the molecule is CN(O)C(=O)C(Cc1ccccc1)NC(=O)CCO[C@@H]1CSSC[C@H]1OCCC(=O)NC(Cc1ccccc1)C(=O)N(C)O. The van der Waals surface area contributed by atoms with Gasteiger partial charge in [0.1, 0.15) is 12.1 Å². The van der Waals surface area contributed by atoms with E-state index in [0.717, 1.165) is 11.1 Å². The summed E-state index contributed by atoms with van der Waals surface area (Å²) in [5.74, 6) is -0.767. The Morgan fingerprint density at radius 2 is 1.09 bits per heavy atom. The second-order valence-electron chi connectivity index (χ2n) is 10.2. The summed E-state index contributed by atoms with van der Waals surface area (Å²) in [4.78, 5) is 50.2. The van der Waals surface area contributed by atoms with Crippen molar-refractivity contribution in [2.75, 3.05) is 38.8 Å². The zero-order valence-electron chi connectivity index (χ0n) is 24.8. The first-order chi connectivity index (χ1) is 21.1. The minimum absolute atomic E-state index is 0.00722. The third kappa shape index (κ3) is 12.1. The van der Waals surface area contributed by atoms with Crippen LogP contribution in [0.15, 0.2) is 60.7 Å². The summed E-state index contributed by atoms with van der Waals surface area (Å²) in [5, 5.41) is 25.6. The molecule has 2 aromatic carbocycles. The molecule has 0 aromatic heterocycles. The van der Waals surface area contributed by atoms with E-state index in [4.69, 9.17) is 9.47 Å². The van der Waals surface area contributed by atoms with Gasteiger partial charge in [0.2, 0.25) is 11.8 Å². The van der Waals surface area contributed by atoms with Crippen molar-refractivity contribution in [3.05, 3.63) is 71.8 Å². The molecule has 240 valence electrons. The van der Waals surface area contributed by atoms with Crippen LogP contribution < -0.4 is 10.6 Å². The normalized spacial score (nSPS) is 17.6. The molecule has 0 aliphatic carbocycles. The number of carbonyl (C=O) groups excluding carboxylic acids is 4. The highest BCUT2D eigenvalue weighted by atomic mass is 33.1. The van der Waals surface area contributed by atoms with Crippen molar-refractivity contribution in [3.63, 3.8) is 0 Å². The number of nitrogens with one attached hydrogen (secondary N) is 2. The fourth-order valence-electron chi connectivity index (χ4n) is 4.45. The van der Waals surface area contributed by atoms with Gasteiger partial charge in [-0.05, 0) is 11.1 Å². The fraction of sp³-hybridized carbons (Fsp3) is 0.467. The minimum Gasteiger partial charge on any atom is -0.374 e. The van der Waals surface area contributed by atoms with Crippen LogP contribution in [0.2, 0.25) is 0 Å². The van der Waals surface area contributed by atoms with Crippen molar-refractivity contribution < 1.29 is 39.1 Å². The third-order valence-electron chi connectivity index (χ3n) is 6.75. The maximum absolute atomic E-state index is 12.7. The molecule has 1 aliphatic heterocycles. The van der Waals surface area contributed by atoms with Gasteiger partial charge >= 0.3 is 0 Å². The third-order valence-corrected chi connectivity index (χ3v) is 9.17. The summed E-state index contributed by atoms with van der Waals surface area (Å²) < 4.78 is 12.0. The average molecular weight is 649 g/mol. The number of nitrogens with zero attached hydrogens (tertiary/aromatic N) is 2. The zero-order valence-corrected chi connectivity index (χ0v) is 26.4. The van der Waals surface area contributed by atoms with Gasteiger partial charge in [-0.15, -0.1) is 0 Å². The van der Waals surface area contributed by atoms with Crippen molar-refractivity contribution in [1.82, 2.24) is 20.8 Å². The Labute approximate surface area is 265 Å². The molecule has 4 atom stereocenters. The van der Waals surface area contributed by atoms with Gasteiger partial charge in [0.25, 0.3) is 11.8 Å². The van der Waals surface area contributed by atoms with Crippen molar-refractivity contribution in [3.8, 4) is 0 Å². The van der Waals surface area contributed by atoms with E-state index >= 15 is 0 Å². The molecule has 3 rings (SSSR count). The predicted molar refractivity (Wildman–Crippen MR) is 167 cm³/mol. The lowest BCUT2D eigenvalue weighted by molar-refractivity contribution is -0.162. The van der Waals surface area contributed by atoms with Crippen LogP contribution in [-0.4, -0.2) is 107 Å². The van der Waals surface area contributed by atoms with Gasteiger partial charge in [0.15, 0.2) is 0 Å². The summed E-state index contributed by atoms with van der Waals surface area (Å²) in [6, 6.07) is 16.5. The number of rotatable bonds is 16. The summed E-state index contributed by atoms with van der Waals surface area (Å²) in [7, 11) is 5.69. The van der Waals surface area contributed by atoms with Crippen molar-refractivity contribution >= 4 is 45.2 Å². The number of hydrogen-bond acceptors (Lipinski definition) is 10. The lowest BCUT2D eigenvalue weighted by Gasteiger charge is -2.30. The topological polar surface area (TPSA) is 158 Å². The molecule has 2 aromatic rings. The highest BCUT2D eigenvalue weighted by Crippen LogP contribution is 2.32. The molecule has 12 nitrogen and oxygen atoms in total. The number of likely N-dealkylation sites (N-methyl/N-ethyl adjacent to an activating group) is 2. The first kappa shape index (κ1) is 35.3. The van der Waals surface area contributed by atoms with Crippen molar-refractivity contribution in [2.24, 2.45) is 0 Å². The minimum atomic E-state index is -0.927. The second-order valence-corrected chi connectivity index (χ2v) is 12.8. The van der Waals surface area contributed by atoms with E-state index in [-0.39, 0.29) is 62.9 Å². The van der Waals surface area contributed by atoms with E-state index in [1.165, 1.54) is 14.1 Å². The Morgan fingerprint density at radius 3 is 1.43 bits per heavy atom.